The van der Waals surface area contributed by atoms with Crippen molar-refractivity contribution >= 4 is 21.5 Å². The number of benzene rings is 1. The summed E-state index contributed by atoms with van der Waals surface area (Å²) in [4.78, 5) is 2.14. The molecule has 4 heteroatoms. The lowest BCUT2D eigenvalue weighted by Crippen LogP contribution is -2.23. The van der Waals surface area contributed by atoms with Gasteiger partial charge in [0.25, 0.3) is 0 Å². The number of likely N-dealkylation sites (N-methyl/N-ethyl adjacent to an activating group) is 1. The Hall–Kier alpha value is -0.740. The lowest BCUT2D eigenvalue weighted by molar-refractivity contribution is 0.369. The first-order chi connectivity index (χ1) is 7.58. The zero-order valence-corrected chi connectivity index (χ0v) is 10.5. The van der Waals surface area contributed by atoms with E-state index in [4.69, 9.17) is 0 Å². The van der Waals surface area contributed by atoms with Gasteiger partial charge in [-0.05, 0) is 47.1 Å². The predicted octanol–water partition coefficient (Wildman–Crippen LogP) is 3.45. The molecule has 1 aliphatic heterocycles. The molecule has 1 aromatic rings. The van der Waals surface area contributed by atoms with Crippen LogP contribution in [0.25, 0.3) is 5.57 Å². The molecule has 0 saturated heterocycles. The van der Waals surface area contributed by atoms with Gasteiger partial charge in [-0.2, -0.15) is 0 Å². The number of rotatable bonds is 1. The van der Waals surface area contributed by atoms with Crippen molar-refractivity contribution in [1.29, 1.82) is 0 Å². The van der Waals surface area contributed by atoms with Crippen LogP contribution < -0.4 is 0 Å². The third-order valence-electron chi connectivity index (χ3n) is 2.77. The molecule has 1 aromatic carbocycles. The maximum atomic E-state index is 13.7. The summed E-state index contributed by atoms with van der Waals surface area (Å²) in [6, 6.07) is 2.44. The summed E-state index contributed by atoms with van der Waals surface area (Å²) in [5.41, 5.74) is 1.27. The molecule has 1 nitrogen and oxygen atoms in total. The van der Waals surface area contributed by atoms with E-state index < -0.39 is 5.82 Å². The summed E-state index contributed by atoms with van der Waals surface area (Å²) < 4.78 is 27.2. The van der Waals surface area contributed by atoms with Crippen LogP contribution in [-0.2, 0) is 0 Å². The molecule has 0 N–H and O–H groups in total. The first-order valence-electron chi connectivity index (χ1n) is 5.10. The van der Waals surface area contributed by atoms with Crippen molar-refractivity contribution in [3.63, 3.8) is 0 Å². The predicted molar refractivity (Wildman–Crippen MR) is 64.1 cm³/mol. The third kappa shape index (κ3) is 2.33. The molecule has 0 bridgehead atoms. The molecular weight excluding hydrogens is 276 g/mol. The smallest absolute Gasteiger partial charge is 0.138 e. The van der Waals surface area contributed by atoms with Gasteiger partial charge in [0.15, 0.2) is 0 Å². The minimum atomic E-state index is -0.420. The van der Waals surface area contributed by atoms with Crippen molar-refractivity contribution in [3.05, 3.63) is 39.9 Å². The highest BCUT2D eigenvalue weighted by atomic mass is 79.9. The van der Waals surface area contributed by atoms with Gasteiger partial charge in [0.2, 0.25) is 0 Å². The Morgan fingerprint density at radius 3 is 2.62 bits per heavy atom. The molecule has 0 fully saturated rings. The second-order valence-corrected chi connectivity index (χ2v) is 4.84. The van der Waals surface area contributed by atoms with Crippen LogP contribution >= 0.6 is 15.9 Å². The van der Waals surface area contributed by atoms with Crippen LogP contribution in [0.1, 0.15) is 12.0 Å². The van der Waals surface area contributed by atoms with E-state index in [1.54, 1.807) is 0 Å². The van der Waals surface area contributed by atoms with Crippen LogP contribution in [-0.4, -0.2) is 25.0 Å². The van der Waals surface area contributed by atoms with Gasteiger partial charge in [-0.3, -0.25) is 0 Å². The average Bonchev–Trinajstić information content (AvgIpc) is 2.25. The van der Waals surface area contributed by atoms with Gasteiger partial charge in [-0.15, -0.1) is 0 Å². The quantitative estimate of drug-likeness (QED) is 0.715. The molecule has 86 valence electrons. The fraction of sp³-hybridized carbons (Fsp3) is 0.333. The van der Waals surface area contributed by atoms with Gasteiger partial charge in [-0.25, -0.2) is 8.78 Å². The molecule has 0 saturated carbocycles. The second kappa shape index (κ2) is 4.63. The average molecular weight is 288 g/mol. The largest absolute Gasteiger partial charge is 0.302 e. The van der Waals surface area contributed by atoms with Crippen molar-refractivity contribution in [3.8, 4) is 0 Å². The van der Waals surface area contributed by atoms with Gasteiger partial charge in [0.1, 0.15) is 11.6 Å². The summed E-state index contributed by atoms with van der Waals surface area (Å²) in [7, 11) is 2.01. The summed E-state index contributed by atoms with van der Waals surface area (Å²) in [6.45, 7) is 1.66. The highest BCUT2D eigenvalue weighted by Crippen LogP contribution is 2.28. The van der Waals surface area contributed by atoms with E-state index in [9.17, 15) is 8.78 Å². The normalized spacial score (nSPS) is 17.4. The van der Waals surface area contributed by atoms with E-state index in [1.807, 2.05) is 13.1 Å². The monoisotopic (exact) mass is 287 g/mol. The van der Waals surface area contributed by atoms with Crippen LogP contribution in [0.15, 0.2) is 22.7 Å². The van der Waals surface area contributed by atoms with Crippen molar-refractivity contribution in [2.24, 2.45) is 0 Å². The van der Waals surface area contributed by atoms with Crippen LogP contribution in [0.2, 0.25) is 0 Å². The molecule has 0 unspecified atom stereocenters. The lowest BCUT2D eigenvalue weighted by Gasteiger charge is -2.22. The second-order valence-electron chi connectivity index (χ2n) is 3.99. The fourth-order valence-corrected chi connectivity index (χ4v) is 2.10. The summed E-state index contributed by atoms with van der Waals surface area (Å²) in [6.07, 6.45) is 2.71. The van der Waals surface area contributed by atoms with E-state index >= 15 is 0 Å². The molecular formula is C12H12BrF2N. The van der Waals surface area contributed by atoms with Gasteiger partial charge in [0.05, 0.1) is 4.47 Å². The number of hydrogen-bond donors (Lipinski definition) is 0. The molecule has 0 aliphatic carbocycles. The van der Waals surface area contributed by atoms with Gasteiger partial charge >= 0.3 is 0 Å². The van der Waals surface area contributed by atoms with E-state index in [1.165, 1.54) is 12.1 Å². The van der Waals surface area contributed by atoms with Crippen molar-refractivity contribution in [2.45, 2.75) is 6.42 Å². The van der Waals surface area contributed by atoms with Crippen molar-refractivity contribution in [2.75, 3.05) is 20.1 Å². The molecule has 0 aromatic heterocycles. The molecule has 0 atom stereocenters. The first kappa shape index (κ1) is 11.7. The highest BCUT2D eigenvalue weighted by molar-refractivity contribution is 9.10. The number of nitrogens with zero attached hydrogens (tertiary/aromatic N) is 1. The lowest BCUT2D eigenvalue weighted by atomic mass is 9.99. The van der Waals surface area contributed by atoms with Gasteiger partial charge in [-0.1, -0.05) is 6.08 Å². The zero-order valence-electron chi connectivity index (χ0n) is 8.93. The van der Waals surface area contributed by atoms with E-state index in [0.29, 0.717) is 5.56 Å². The minimum Gasteiger partial charge on any atom is -0.302 e. The summed E-state index contributed by atoms with van der Waals surface area (Å²) in [5, 5.41) is 0. The fourth-order valence-electron chi connectivity index (χ4n) is 1.78. The zero-order chi connectivity index (χ0) is 11.7. The number of halogens is 3. The summed E-state index contributed by atoms with van der Waals surface area (Å²) in [5.74, 6) is -0.791. The molecule has 16 heavy (non-hydrogen) atoms. The maximum Gasteiger partial charge on any atom is 0.138 e. The standard InChI is InChI=1S/C12H12BrF2N/c1-16-4-2-8(3-5-16)9-6-12(15)10(13)7-11(9)14/h2,6-7H,3-5H2,1H3. The molecule has 0 spiro atoms. The molecule has 0 amide bonds. The molecule has 2 rings (SSSR count). The van der Waals surface area contributed by atoms with Crippen molar-refractivity contribution in [1.82, 2.24) is 4.90 Å². The van der Waals surface area contributed by atoms with E-state index in [0.717, 1.165) is 25.1 Å². The Labute approximate surface area is 102 Å². The molecule has 0 radical (unpaired) electrons. The van der Waals surface area contributed by atoms with Crippen LogP contribution in [0.5, 0.6) is 0 Å². The summed E-state index contributed by atoms with van der Waals surface area (Å²) >= 11 is 2.97. The molecule has 1 aliphatic rings. The minimum absolute atomic E-state index is 0.169. The SMILES string of the molecule is CN1CC=C(c2cc(F)c(Br)cc2F)CC1. The van der Waals surface area contributed by atoms with Crippen molar-refractivity contribution < 1.29 is 8.78 Å². The van der Waals surface area contributed by atoms with E-state index in [2.05, 4.69) is 20.8 Å². The van der Waals surface area contributed by atoms with E-state index in [-0.39, 0.29) is 10.3 Å². The molecule has 1 heterocycles. The first-order valence-corrected chi connectivity index (χ1v) is 5.89. The van der Waals surface area contributed by atoms with Crippen LogP contribution in [0.3, 0.4) is 0 Å². The Balaban J connectivity index is 2.37. The highest BCUT2D eigenvalue weighted by Gasteiger charge is 2.15. The third-order valence-corrected chi connectivity index (χ3v) is 3.38. The Morgan fingerprint density at radius 2 is 2.00 bits per heavy atom. The van der Waals surface area contributed by atoms with Crippen LogP contribution in [0.4, 0.5) is 8.78 Å². The maximum absolute atomic E-state index is 13.7. The Kier molecular flexibility index (Phi) is 3.40. The van der Waals surface area contributed by atoms with Gasteiger partial charge < -0.3 is 4.90 Å². The Morgan fingerprint density at radius 1 is 1.25 bits per heavy atom. The topological polar surface area (TPSA) is 3.24 Å². The van der Waals surface area contributed by atoms with Crippen LogP contribution in [0, 0.1) is 11.6 Å². The van der Waals surface area contributed by atoms with Gasteiger partial charge in [0, 0.05) is 18.7 Å². The number of hydrogen-bond acceptors (Lipinski definition) is 1. The Bertz CT molecular complexity index is 443.